The van der Waals surface area contributed by atoms with Gasteiger partial charge >= 0.3 is 0 Å². The number of fused-ring (bicyclic) bond motifs is 1. The summed E-state index contributed by atoms with van der Waals surface area (Å²) in [5.41, 5.74) is 8.78. The van der Waals surface area contributed by atoms with Gasteiger partial charge in [0.05, 0.1) is 0 Å². The van der Waals surface area contributed by atoms with Crippen molar-refractivity contribution >= 4 is 0 Å². The molecule has 0 fully saturated rings. The predicted molar refractivity (Wildman–Crippen MR) is 63.4 cm³/mol. The van der Waals surface area contributed by atoms with Crippen molar-refractivity contribution in [1.82, 2.24) is 4.90 Å². The fourth-order valence-corrected chi connectivity index (χ4v) is 2.44. The van der Waals surface area contributed by atoms with Gasteiger partial charge in [0.1, 0.15) is 0 Å². The van der Waals surface area contributed by atoms with Gasteiger partial charge in [0.25, 0.3) is 0 Å². The lowest BCUT2D eigenvalue weighted by atomic mass is 10.0. The van der Waals surface area contributed by atoms with E-state index in [4.69, 9.17) is 5.73 Å². The normalized spacial score (nSPS) is 18.1. The maximum Gasteiger partial charge on any atom is 0.0248 e. The van der Waals surface area contributed by atoms with E-state index < -0.39 is 0 Å². The average molecular weight is 204 g/mol. The van der Waals surface area contributed by atoms with Gasteiger partial charge in [-0.3, -0.25) is 4.90 Å². The molecule has 15 heavy (non-hydrogen) atoms. The fraction of sp³-hybridized carbons (Fsp3) is 0.538. The van der Waals surface area contributed by atoms with Gasteiger partial charge in [0.2, 0.25) is 0 Å². The topological polar surface area (TPSA) is 29.3 Å². The highest BCUT2D eigenvalue weighted by molar-refractivity contribution is 5.30. The largest absolute Gasteiger partial charge is 0.329 e. The SMILES string of the molecule is CC(C)C(CN)N1Cc2ccccc2C1. The number of nitrogens with two attached hydrogens (primary N) is 1. The number of rotatable bonds is 3. The van der Waals surface area contributed by atoms with Crippen LogP contribution in [0.5, 0.6) is 0 Å². The van der Waals surface area contributed by atoms with Crippen molar-refractivity contribution in [3.05, 3.63) is 35.4 Å². The van der Waals surface area contributed by atoms with E-state index in [1.807, 2.05) is 0 Å². The molecule has 1 aromatic carbocycles. The summed E-state index contributed by atoms with van der Waals surface area (Å²) in [6.07, 6.45) is 0. The molecule has 0 aromatic heterocycles. The van der Waals surface area contributed by atoms with Crippen LogP contribution in [-0.4, -0.2) is 17.5 Å². The van der Waals surface area contributed by atoms with Crippen molar-refractivity contribution in [3.63, 3.8) is 0 Å². The second kappa shape index (κ2) is 4.33. The van der Waals surface area contributed by atoms with Crippen LogP contribution in [0.3, 0.4) is 0 Å². The molecule has 0 radical (unpaired) electrons. The van der Waals surface area contributed by atoms with Crippen molar-refractivity contribution in [2.45, 2.75) is 33.0 Å². The molecule has 0 amide bonds. The van der Waals surface area contributed by atoms with Crippen LogP contribution in [-0.2, 0) is 13.1 Å². The zero-order chi connectivity index (χ0) is 10.8. The van der Waals surface area contributed by atoms with Crippen molar-refractivity contribution in [2.75, 3.05) is 6.54 Å². The Balaban J connectivity index is 2.12. The first-order valence-electron chi connectivity index (χ1n) is 5.73. The number of nitrogens with zero attached hydrogens (tertiary/aromatic N) is 1. The van der Waals surface area contributed by atoms with Gasteiger partial charge < -0.3 is 5.73 Å². The van der Waals surface area contributed by atoms with E-state index in [2.05, 4.69) is 43.0 Å². The van der Waals surface area contributed by atoms with Gasteiger partial charge in [-0.05, 0) is 17.0 Å². The molecule has 0 aliphatic carbocycles. The molecule has 1 aliphatic rings. The van der Waals surface area contributed by atoms with Crippen LogP contribution in [0.25, 0.3) is 0 Å². The average Bonchev–Trinajstić information content (AvgIpc) is 2.61. The van der Waals surface area contributed by atoms with Gasteiger partial charge in [-0.25, -0.2) is 0 Å². The van der Waals surface area contributed by atoms with Crippen LogP contribution >= 0.6 is 0 Å². The second-order valence-electron chi connectivity index (χ2n) is 4.72. The minimum atomic E-state index is 0.511. The van der Waals surface area contributed by atoms with Crippen molar-refractivity contribution in [2.24, 2.45) is 11.7 Å². The monoisotopic (exact) mass is 204 g/mol. The highest BCUT2D eigenvalue weighted by Crippen LogP contribution is 2.26. The summed E-state index contributed by atoms with van der Waals surface area (Å²) in [7, 11) is 0. The summed E-state index contributed by atoms with van der Waals surface area (Å²) < 4.78 is 0. The Morgan fingerprint density at radius 3 is 2.13 bits per heavy atom. The molecule has 1 atom stereocenters. The minimum absolute atomic E-state index is 0.511. The summed E-state index contributed by atoms with van der Waals surface area (Å²) in [5, 5.41) is 0. The fourth-order valence-electron chi connectivity index (χ4n) is 2.44. The van der Waals surface area contributed by atoms with Crippen molar-refractivity contribution < 1.29 is 0 Å². The molecule has 1 heterocycles. The van der Waals surface area contributed by atoms with E-state index in [9.17, 15) is 0 Å². The van der Waals surface area contributed by atoms with E-state index in [1.54, 1.807) is 0 Å². The number of benzene rings is 1. The van der Waals surface area contributed by atoms with Gasteiger partial charge in [0, 0.05) is 25.7 Å². The van der Waals surface area contributed by atoms with Crippen LogP contribution in [0.15, 0.2) is 24.3 Å². The Hall–Kier alpha value is -0.860. The third kappa shape index (κ3) is 2.06. The molecular formula is C13H20N2. The highest BCUT2D eigenvalue weighted by Gasteiger charge is 2.26. The lowest BCUT2D eigenvalue weighted by Crippen LogP contribution is -2.40. The first-order chi connectivity index (χ1) is 7.22. The molecule has 2 nitrogen and oxygen atoms in total. The zero-order valence-corrected chi connectivity index (χ0v) is 9.61. The summed E-state index contributed by atoms with van der Waals surface area (Å²) in [4.78, 5) is 2.50. The van der Waals surface area contributed by atoms with E-state index in [0.717, 1.165) is 19.6 Å². The predicted octanol–water partition coefficient (Wildman–Crippen LogP) is 1.99. The van der Waals surface area contributed by atoms with Crippen LogP contribution in [0.1, 0.15) is 25.0 Å². The van der Waals surface area contributed by atoms with E-state index in [0.29, 0.717) is 12.0 Å². The lowest BCUT2D eigenvalue weighted by Gasteiger charge is -2.29. The van der Waals surface area contributed by atoms with Gasteiger partial charge in [0.15, 0.2) is 0 Å². The Morgan fingerprint density at radius 2 is 1.73 bits per heavy atom. The Morgan fingerprint density at radius 1 is 1.20 bits per heavy atom. The molecule has 0 bridgehead atoms. The summed E-state index contributed by atoms with van der Waals surface area (Å²) in [6.45, 7) is 7.39. The smallest absolute Gasteiger partial charge is 0.0248 e. The molecule has 1 aliphatic heterocycles. The maximum atomic E-state index is 5.85. The summed E-state index contributed by atoms with van der Waals surface area (Å²) >= 11 is 0. The van der Waals surface area contributed by atoms with Crippen LogP contribution in [0, 0.1) is 5.92 Å². The molecule has 1 aromatic rings. The van der Waals surface area contributed by atoms with Crippen LogP contribution in [0.4, 0.5) is 0 Å². The molecule has 2 N–H and O–H groups in total. The maximum absolute atomic E-state index is 5.85. The van der Waals surface area contributed by atoms with E-state index in [1.165, 1.54) is 11.1 Å². The molecule has 0 saturated heterocycles. The molecular weight excluding hydrogens is 184 g/mol. The lowest BCUT2D eigenvalue weighted by molar-refractivity contribution is 0.160. The standard InChI is InChI=1S/C13H20N2/c1-10(2)13(7-14)15-8-11-5-3-4-6-12(11)9-15/h3-6,10,13H,7-9,14H2,1-2H3. The quantitative estimate of drug-likeness (QED) is 0.816. The zero-order valence-electron chi connectivity index (χ0n) is 9.61. The first-order valence-corrected chi connectivity index (χ1v) is 5.73. The molecule has 0 spiro atoms. The molecule has 82 valence electrons. The molecule has 2 heteroatoms. The Bertz CT molecular complexity index is 308. The van der Waals surface area contributed by atoms with Gasteiger partial charge in [-0.15, -0.1) is 0 Å². The highest BCUT2D eigenvalue weighted by atomic mass is 15.2. The molecule has 0 saturated carbocycles. The minimum Gasteiger partial charge on any atom is -0.329 e. The van der Waals surface area contributed by atoms with E-state index >= 15 is 0 Å². The third-order valence-electron chi connectivity index (χ3n) is 3.35. The van der Waals surface area contributed by atoms with Crippen molar-refractivity contribution in [1.29, 1.82) is 0 Å². The van der Waals surface area contributed by atoms with Gasteiger partial charge in [-0.2, -0.15) is 0 Å². The van der Waals surface area contributed by atoms with Crippen molar-refractivity contribution in [3.8, 4) is 0 Å². The van der Waals surface area contributed by atoms with Crippen LogP contribution in [0.2, 0.25) is 0 Å². The summed E-state index contributed by atoms with van der Waals surface area (Å²) in [6, 6.07) is 9.20. The van der Waals surface area contributed by atoms with Gasteiger partial charge in [-0.1, -0.05) is 38.1 Å². The number of hydrogen-bond donors (Lipinski definition) is 1. The Kier molecular flexibility index (Phi) is 3.08. The summed E-state index contributed by atoms with van der Waals surface area (Å²) in [5.74, 6) is 0.629. The second-order valence-corrected chi connectivity index (χ2v) is 4.72. The van der Waals surface area contributed by atoms with Crippen LogP contribution < -0.4 is 5.73 Å². The molecule has 2 rings (SSSR count). The number of hydrogen-bond acceptors (Lipinski definition) is 2. The Labute approximate surface area is 92.1 Å². The third-order valence-corrected chi connectivity index (χ3v) is 3.35. The molecule has 1 unspecified atom stereocenters. The van der Waals surface area contributed by atoms with E-state index in [-0.39, 0.29) is 0 Å². The first kappa shape index (κ1) is 10.7.